The van der Waals surface area contributed by atoms with Gasteiger partial charge in [0.15, 0.2) is 0 Å². The van der Waals surface area contributed by atoms with Crippen LogP contribution in [0.2, 0.25) is 0 Å². The van der Waals surface area contributed by atoms with E-state index in [9.17, 15) is 4.79 Å². The lowest BCUT2D eigenvalue weighted by Gasteiger charge is -2.18. The van der Waals surface area contributed by atoms with Gasteiger partial charge >= 0.3 is 0 Å². The van der Waals surface area contributed by atoms with E-state index in [1.165, 1.54) is 5.56 Å². The number of anilines is 2. The number of nitrogens with zero attached hydrogens (tertiary/aromatic N) is 1. The van der Waals surface area contributed by atoms with Gasteiger partial charge in [-0.05, 0) is 48.6 Å². The minimum absolute atomic E-state index is 0.0167. The van der Waals surface area contributed by atoms with Crippen LogP contribution in [0.15, 0.2) is 97.2 Å². The summed E-state index contributed by atoms with van der Waals surface area (Å²) in [7, 11) is 0. The average molecular weight is 410 g/mol. The maximum absolute atomic E-state index is 12.9. The van der Waals surface area contributed by atoms with Crippen molar-refractivity contribution in [3.05, 3.63) is 103 Å². The molecule has 4 heteroatoms. The van der Waals surface area contributed by atoms with Crippen molar-refractivity contribution >= 4 is 28.2 Å². The lowest BCUT2D eigenvalue weighted by molar-refractivity contribution is -0.116. The number of aromatic nitrogens is 1. The van der Waals surface area contributed by atoms with Crippen molar-refractivity contribution in [1.82, 2.24) is 4.98 Å². The van der Waals surface area contributed by atoms with Crippen molar-refractivity contribution in [2.45, 2.75) is 25.2 Å². The molecular formula is C27H27N3O. The third kappa shape index (κ3) is 5.70. The molecule has 0 bridgehead atoms. The Balaban J connectivity index is 1.40. The van der Waals surface area contributed by atoms with Gasteiger partial charge in [0.1, 0.15) is 0 Å². The van der Waals surface area contributed by atoms with Gasteiger partial charge in [-0.15, -0.1) is 0 Å². The quantitative estimate of drug-likeness (QED) is 0.322. The minimum Gasteiger partial charge on any atom is -0.385 e. The first kappa shape index (κ1) is 20.6. The topological polar surface area (TPSA) is 54.0 Å². The molecule has 0 aliphatic heterocycles. The first-order chi connectivity index (χ1) is 15.3. The molecule has 0 saturated carbocycles. The molecule has 1 unspecified atom stereocenters. The third-order valence-corrected chi connectivity index (χ3v) is 5.44. The predicted octanol–water partition coefficient (Wildman–Crippen LogP) is 6.24. The van der Waals surface area contributed by atoms with E-state index < -0.39 is 0 Å². The van der Waals surface area contributed by atoms with Crippen LogP contribution in [0.1, 0.15) is 30.7 Å². The molecule has 1 aromatic heterocycles. The number of carbonyl (C=O) groups is 1. The van der Waals surface area contributed by atoms with Crippen molar-refractivity contribution < 1.29 is 4.79 Å². The second-order valence-electron chi connectivity index (χ2n) is 7.68. The highest BCUT2D eigenvalue weighted by Gasteiger charge is 2.17. The first-order valence-electron chi connectivity index (χ1n) is 10.8. The van der Waals surface area contributed by atoms with Gasteiger partial charge in [0.05, 0.1) is 11.2 Å². The minimum atomic E-state index is 0.0167. The highest BCUT2D eigenvalue weighted by molar-refractivity contribution is 6.00. The Kier molecular flexibility index (Phi) is 6.91. The van der Waals surface area contributed by atoms with Crippen molar-refractivity contribution in [3.63, 3.8) is 0 Å². The summed E-state index contributed by atoms with van der Waals surface area (Å²) in [6, 6.07) is 30.3. The van der Waals surface area contributed by atoms with Crippen LogP contribution in [0.5, 0.6) is 0 Å². The summed E-state index contributed by atoms with van der Waals surface area (Å²) in [4.78, 5) is 17.4. The summed E-state index contributed by atoms with van der Waals surface area (Å²) in [5.41, 5.74) is 3.91. The first-order valence-corrected chi connectivity index (χ1v) is 10.8. The molecule has 0 fully saturated rings. The van der Waals surface area contributed by atoms with Gasteiger partial charge < -0.3 is 10.6 Å². The highest BCUT2D eigenvalue weighted by atomic mass is 16.1. The van der Waals surface area contributed by atoms with Gasteiger partial charge in [-0.25, -0.2) is 0 Å². The van der Waals surface area contributed by atoms with Crippen molar-refractivity contribution in [2.75, 3.05) is 17.2 Å². The Morgan fingerprint density at radius 3 is 2.39 bits per heavy atom. The number of pyridine rings is 1. The van der Waals surface area contributed by atoms with Gasteiger partial charge in [-0.1, -0.05) is 66.7 Å². The van der Waals surface area contributed by atoms with Crippen LogP contribution < -0.4 is 10.6 Å². The van der Waals surface area contributed by atoms with Crippen LogP contribution in [0.4, 0.5) is 11.4 Å². The molecule has 156 valence electrons. The fraction of sp³-hybridized carbons (Fsp3) is 0.185. The SMILES string of the molecule is O=C(CC(CCCNc1ccccc1)c1ccccc1)Nc1cccc2cccnc12. The summed E-state index contributed by atoms with van der Waals surface area (Å²) in [5, 5.41) is 7.56. The lowest BCUT2D eigenvalue weighted by Crippen LogP contribution is -2.17. The molecule has 0 aliphatic rings. The second kappa shape index (κ2) is 10.4. The molecule has 1 atom stereocenters. The Bertz CT molecular complexity index is 1110. The maximum Gasteiger partial charge on any atom is 0.225 e. The fourth-order valence-corrected chi connectivity index (χ4v) is 3.88. The largest absolute Gasteiger partial charge is 0.385 e. The Morgan fingerprint density at radius 2 is 1.58 bits per heavy atom. The number of amides is 1. The van der Waals surface area contributed by atoms with Gasteiger partial charge in [0, 0.05) is 30.2 Å². The van der Waals surface area contributed by atoms with E-state index in [-0.39, 0.29) is 11.8 Å². The molecule has 1 heterocycles. The number of hydrogen-bond donors (Lipinski definition) is 2. The zero-order chi connectivity index (χ0) is 21.3. The molecule has 0 radical (unpaired) electrons. The van der Waals surface area contributed by atoms with Gasteiger partial charge in [0.25, 0.3) is 0 Å². The Morgan fingerprint density at radius 1 is 0.839 bits per heavy atom. The van der Waals surface area contributed by atoms with E-state index in [0.717, 1.165) is 41.7 Å². The molecule has 3 aromatic carbocycles. The standard InChI is InChI=1S/C27H27N3O/c31-26(30-25-17-7-12-22-13-8-19-29-27(22)25)20-23(21-10-3-1-4-11-21)14-9-18-28-24-15-5-2-6-16-24/h1-8,10-13,15-17,19,23,28H,9,14,18,20H2,(H,30,31). The summed E-state index contributed by atoms with van der Waals surface area (Å²) in [5.74, 6) is 0.185. The summed E-state index contributed by atoms with van der Waals surface area (Å²) in [6.45, 7) is 0.877. The number of nitrogens with one attached hydrogen (secondary N) is 2. The molecule has 0 saturated heterocycles. The zero-order valence-electron chi connectivity index (χ0n) is 17.5. The Labute approximate surface area is 183 Å². The van der Waals surface area contributed by atoms with Gasteiger partial charge in [-0.3, -0.25) is 9.78 Å². The zero-order valence-corrected chi connectivity index (χ0v) is 17.5. The number of benzene rings is 3. The molecule has 2 N–H and O–H groups in total. The van der Waals surface area contributed by atoms with E-state index in [1.54, 1.807) is 6.20 Å². The molecule has 0 aliphatic carbocycles. The van der Waals surface area contributed by atoms with Crippen LogP contribution >= 0.6 is 0 Å². The number of para-hydroxylation sites is 2. The highest BCUT2D eigenvalue weighted by Crippen LogP contribution is 2.27. The Hall–Kier alpha value is -3.66. The smallest absolute Gasteiger partial charge is 0.225 e. The monoisotopic (exact) mass is 409 g/mol. The van der Waals surface area contributed by atoms with Crippen LogP contribution in [-0.2, 0) is 4.79 Å². The van der Waals surface area contributed by atoms with Crippen molar-refractivity contribution in [1.29, 1.82) is 0 Å². The van der Waals surface area contributed by atoms with Crippen LogP contribution in [0.3, 0.4) is 0 Å². The molecule has 1 amide bonds. The van der Waals surface area contributed by atoms with E-state index in [4.69, 9.17) is 0 Å². The summed E-state index contributed by atoms with van der Waals surface area (Å²) < 4.78 is 0. The molecular weight excluding hydrogens is 382 g/mol. The molecule has 4 rings (SSSR count). The van der Waals surface area contributed by atoms with Gasteiger partial charge in [0.2, 0.25) is 5.91 Å². The van der Waals surface area contributed by atoms with Crippen molar-refractivity contribution in [3.8, 4) is 0 Å². The summed E-state index contributed by atoms with van der Waals surface area (Å²) in [6.07, 6.45) is 4.12. The van der Waals surface area contributed by atoms with E-state index in [2.05, 4.69) is 39.9 Å². The second-order valence-corrected chi connectivity index (χ2v) is 7.68. The molecule has 4 nitrogen and oxygen atoms in total. The fourth-order valence-electron chi connectivity index (χ4n) is 3.88. The van der Waals surface area contributed by atoms with Crippen LogP contribution in [0, 0.1) is 0 Å². The van der Waals surface area contributed by atoms with Crippen molar-refractivity contribution in [2.24, 2.45) is 0 Å². The number of carbonyl (C=O) groups excluding carboxylic acids is 1. The summed E-state index contributed by atoms with van der Waals surface area (Å²) >= 11 is 0. The molecule has 31 heavy (non-hydrogen) atoms. The average Bonchev–Trinajstić information content (AvgIpc) is 2.82. The van der Waals surface area contributed by atoms with Crippen LogP contribution in [0.25, 0.3) is 10.9 Å². The number of hydrogen-bond acceptors (Lipinski definition) is 3. The normalized spacial score (nSPS) is 11.7. The van der Waals surface area contributed by atoms with Crippen LogP contribution in [-0.4, -0.2) is 17.4 Å². The van der Waals surface area contributed by atoms with Gasteiger partial charge in [-0.2, -0.15) is 0 Å². The lowest BCUT2D eigenvalue weighted by atomic mass is 9.91. The maximum atomic E-state index is 12.9. The third-order valence-electron chi connectivity index (χ3n) is 5.44. The molecule has 4 aromatic rings. The molecule has 0 spiro atoms. The van der Waals surface area contributed by atoms with E-state index in [1.807, 2.05) is 66.7 Å². The predicted molar refractivity (Wildman–Crippen MR) is 128 cm³/mol. The van der Waals surface area contributed by atoms with E-state index in [0.29, 0.717) is 6.42 Å². The number of fused-ring (bicyclic) bond motifs is 1. The number of rotatable bonds is 9. The van der Waals surface area contributed by atoms with E-state index >= 15 is 0 Å².